The third-order valence-corrected chi connectivity index (χ3v) is 5.62. The van der Waals surface area contributed by atoms with Crippen molar-refractivity contribution in [3.8, 4) is 0 Å². The van der Waals surface area contributed by atoms with E-state index in [2.05, 4.69) is 5.32 Å². The van der Waals surface area contributed by atoms with Crippen molar-refractivity contribution in [2.24, 2.45) is 0 Å². The molecule has 1 aromatic rings. The lowest BCUT2D eigenvalue weighted by Crippen LogP contribution is -2.68. The highest BCUT2D eigenvalue weighted by Crippen LogP contribution is 2.30. The van der Waals surface area contributed by atoms with Gasteiger partial charge in [-0.25, -0.2) is 0 Å². The number of carbonyl (C=O) groups excluding carboxylic acids is 1. The second kappa shape index (κ2) is 11.6. The highest BCUT2D eigenvalue weighted by Gasteiger charge is 2.51. The molecule has 2 aliphatic heterocycles. The summed E-state index contributed by atoms with van der Waals surface area (Å²) in [6.45, 7) is 0.0539. The summed E-state index contributed by atoms with van der Waals surface area (Å²) in [5.74, 6) is -0.492. The highest BCUT2D eigenvalue weighted by atomic mass is 16.7. The minimum absolute atomic E-state index is 0.0859. The maximum atomic E-state index is 11.9. The van der Waals surface area contributed by atoms with Crippen molar-refractivity contribution >= 4 is 5.91 Å². The lowest BCUT2D eigenvalue weighted by Gasteiger charge is -2.47. The van der Waals surface area contributed by atoms with Gasteiger partial charge in [-0.1, -0.05) is 30.3 Å². The van der Waals surface area contributed by atoms with Crippen LogP contribution in [0.2, 0.25) is 0 Å². The molecule has 1 amide bonds. The van der Waals surface area contributed by atoms with E-state index < -0.39 is 80.5 Å². The third kappa shape index (κ3) is 6.05. The maximum Gasteiger partial charge on any atom is 0.217 e. The normalized spacial score (nSPS) is 39.2. The molecule has 0 spiro atoms. The average molecular weight is 473 g/mol. The van der Waals surface area contributed by atoms with Crippen LogP contribution in [0, 0.1) is 0 Å². The minimum Gasteiger partial charge on any atom is -0.394 e. The van der Waals surface area contributed by atoms with Gasteiger partial charge < -0.3 is 54.9 Å². The largest absolute Gasteiger partial charge is 0.394 e. The summed E-state index contributed by atoms with van der Waals surface area (Å²) in [5.41, 5.74) is 0.806. The van der Waals surface area contributed by atoms with Gasteiger partial charge >= 0.3 is 0 Å². The topological polar surface area (TPSA) is 187 Å². The Hall–Kier alpha value is -1.71. The van der Waals surface area contributed by atoms with Gasteiger partial charge in [0.2, 0.25) is 5.91 Å². The number of amides is 1. The van der Waals surface area contributed by atoms with Crippen LogP contribution in [0.15, 0.2) is 30.3 Å². The summed E-state index contributed by atoms with van der Waals surface area (Å²) in [5, 5.41) is 62.8. The molecule has 0 aromatic heterocycles. The van der Waals surface area contributed by atoms with Crippen LogP contribution in [0.25, 0.3) is 0 Å². The SMILES string of the molecule is CC(=O)N[C@@H]1[C@H](OCc2ccccc2)O[C@@H](CO)[C@H](O)[C@H]1O[C@H]1O[C@@H](CO)[C@H](O)[C@@H](O)[C@@H]1O. The number of nitrogens with one attached hydrogen (secondary N) is 1. The Kier molecular flexibility index (Phi) is 9.12. The van der Waals surface area contributed by atoms with Crippen LogP contribution in [0.1, 0.15) is 12.5 Å². The van der Waals surface area contributed by atoms with Crippen molar-refractivity contribution < 1.29 is 54.4 Å². The second-order valence-electron chi connectivity index (χ2n) is 8.04. The fourth-order valence-corrected chi connectivity index (χ4v) is 3.85. The third-order valence-electron chi connectivity index (χ3n) is 5.62. The van der Waals surface area contributed by atoms with Gasteiger partial charge in [0.05, 0.1) is 19.8 Å². The van der Waals surface area contributed by atoms with Crippen LogP contribution in [0.3, 0.4) is 0 Å². The molecular formula is C21H31NO11. The molecule has 33 heavy (non-hydrogen) atoms. The molecule has 186 valence electrons. The first-order chi connectivity index (χ1) is 15.8. The molecule has 0 aliphatic carbocycles. The van der Waals surface area contributed by atoms with Crippen LogP contribution in [0.5, 0.6) is 0 Å². The van der Waals surface area contributed by atoms with Gasteiger partial charge in [-0.05, 0) is 5.56 Å². The predicted octanol–water partition coefficient (Wildman–Crippen LogP) is -3.03. The summed E-state index contributed by atoms with van der Waals surface area (Å²) >= 11 is 0. The lowest BCUT2D eigenvalue weighted by molar-refractivity contribution is -0.345. The Labute approximate surface area is 190 Å². The predicted molar refractivity (Wildman–Crippen MR) is 109 cm³/mol. The fourth-order valence-electron chi connectivity index (χ4n) is 3.85. The molecule has 0 radical (unpaired) electrons. The molecule has 2 heterocycles. The van der Waals surface area contributed by atoms with E-state index in [0.717, 1.165) is 5.56 Å². The molecule has 12 nitrogen and oxygen atoms in total. The van der Waals surface area contributed by atoms with E-state index in [4.69, 9.17) is 18.9 Å². The Balaban J connectivity index is 1.82. The molecule has 2 fully saturated rings. The van der Waals surface area contributed by atoms with Crippen LogP contribution >= 0.6 is 0 Å². The van der Waals surface area contributed by atoms with Gasteiger partial charge in [0, 0.05) is 6.92 Å². The quantitative estimate of drug-likeness (QED) is 0.203. The summed E-state index contributed by atoms with van der Waals surface area (Å²) in [6, 6.07) is 8.00. The molecule has 0 bridgehead atoms. The number of ether oxygens (including phenoxy) is 4. The second-order valence-corrected chi connectivity index (χ2v) is 8.04. The summed E-state index contributed by atoms with van der Waals surface area (Å²) in [7, 11) is 0. The Morgan fingerprint density at radius 3 is 2.12 bits per heavy atom. The van der Waals surface area contributed by atoms with Crippen molar-refractivity contribution in [1.82, 2.24) is 5.32 Å². The maximum absolute atomic E-state index is 11.9. The molecular weight excluding hydrogens is 442 g/mol. The van der Waals surface area contributed by atoms with Gasteiger partial charge in [-0.3, -0.25) is 4.79 Å². The molecule has 0 unspecified atom stereocenters. The highest BCUT2D eigenvalue weighted by molar-refractivity contribution is 5.73. The first-order valence-corrected chi connectivity index (χ1v) is 10.6. The summed E-state index contributed by atoms with van der Waals surface area (Å²) in [6.07, 6.45) is -13.0. The van der Waals surface area contributed by atoms with Crippen molar-refractivity contribution in [1.29, 1.82) is 0 Å². The molecule has 12 heteroatoms. The molecule has 2 aliphatic rings. The molecule has 7 N–H and O–H groups in total. The molecule has 10 atom stereocenters. The monoisotopic (exact) mass is 473 g/mol. The zero-order chi connectivity index (χ0) is 24.1. The molecule has 1 aromatic carbocycles. The van der Waals surface area contributed by atoms with E-state index in [1.165, 1.54) is 6.92 Å². The Bertz CT molecular complexity index is 751. The van der Waals surface area contributed by atoms with Crippen LogP contribution in [-0.4, -0.2) is 111 Å². The number of hydrogen-bond acceptors (Lipinski definition) is 11. The van der Waals surface area contributed by atoms with Crippen LogP contribution in [-0.2, 0) is 30.3 Å². The van der Waals surface area contributed by atoms with E-state index in [9.17, 15) is 35.4 Å². The summed E-state index contributed by atoms with van der Waals surface area (Å²) in [4.78, 5) is 11.9. The first kappa shape index (κ1) is 25.9. The fraction of sp³-hybridized carbons (Fsp3) is 0.667. The standard InChI is InChI=1S/C21H31NO11/c1-10(25)22-14-19(33-21-18(29)17(28)15(26)12(7-23)32-21)16(27)13(8-24)31-20(14)30-9-11-5-3-2-4-6-11/h2-6,12-21,23-24,26-29H,7-9H2,1H3,(H,22,25)/t12-,13-,14-,15-,16-,17+,18-,19-,20+,21+/m0/s1. The number of benzene rings is 1. The zero-order valence-electron chi connectivity index (χ0n) is 18.0. The van der Waals surface area contributed by atoms with Gasteiger partial charge in [0.15, 0.2) is 12.6 Å². The summed E-state index contributed by atoms with van der Waals surface area (Å²) < 4.78 is 22.6. The van der Waals surface area contributed by atoms with Crippen molar-refractivity contribution in [2.45, 2.75) is 74.9 Å². The van der Waals surface area contributed by atoms with E-state index in [1.54, 1.807) is 0 Å². The van der Waals surface area contributed by atoms with Gasteiger partial charge in [0.25, 0.3) is 0 Å². The minimum atomic E-state index is -1.73. The van der Waals surface area contributed by atoms with Gasteiger partial charge in [-0.15, -0.1) is 0 Å². The van der Waals surface area contributed by atoms with Gasteiger partial charge in [0.1, 0.15) is 48.8 Å². The molecule has 2 saturated heterocycles. The zero-order valence-corrected chi connectivity index (χ0v) is 18.0. The lowest BCUT2D eigenvalue weighted by atomic mass is 9.95. The number of rotatable bonds is 8. The number of aliphatic hydroxyl groups excluding tert-OH is 6. The molecule has 0 saturated carbocycles. The first-order valence-electron chi connectivity index (χ1n) is 10.6. The number of carbonyl (C=O) groups is 1. The Morgan fingerprint density at radius 1 is 0.909 bits per heavy atom. The van der Waals surface area contributed by atoms with Crippen molar-refractivity contribution in [2.75, 3.05) is 13.2 Å². The van der Waals surface area contributed by atoms with Crippen molar-refractivity contribution in [3.63, 3.8) is 0 Å². The number of aliphatic hydroxyl groups is 6. The van der Waals surface area contributed by atoms with Crippen LogP contribution in [0.4, 0.5) is 0 Å². The van der Waals surface area contributed by atoms with E-state index in [0.29, 0.717) is 0 Å². The average Bonchev–Trinajstić information content (AvgIpc) is 2.81. The van der Waals surface area contributed by atoms with Crippen LogP contribution < -0.4 is 5.32 Å². The molecule has 3 rings (SSSR count). The van der Waals surface area contributed by atoms with E-state index in [1.807, 2.05) is 30.3 Å². The smallest absolute Gasteiger partial charge is 0.217 e. The Morgan fingerprint density at radius 2 is 1.52 bits per heavy atom. The van der Waals surface area contributed by atoms with Gasteiger partial charge in [-0.2, -0.15) is 0 Å². The van der Waals surface area contributed by atoms with Crippen molar-refractivity contribution in [3.05, 3.63) is 35.9 Å². The number of hydrogen-bond donors (Lipinski definition) is 7. The van der Waals surface area contributed by atoms with E-state index in [-0.39, 0.29) is 6.61 Å². The van der Waals surface area contributed by atoms with E-state index >= 15 is 0 Å².